The van der Waals surface area contributed by atoms with Gasteiger partial charge in [-0.1, -0.05) is 6.07 Å². The number of aliphatic imine (C=N–C) groups is 1. The molecule has 2 atom stereocenters. The minimum absolute atomic E-state index is 0. The fourth-order valence-corrected chi connectivity index (χ4v) is 4.06. The molecule has 0 aliphatic carbocycles. The molecular formula is C16H29IN4S. The molecule has 1 aromatic heterocycles. The second-order valence-electron chi connectivity index (χ2n) is 5.59. The van der Waals surface area contributed by atoms with Crippen LogP contribution < -0.4 is 10.6 Å². The number of thiophene rings is 1. The molecule has 1 fully saturated rings. The first-order valence-electron chi connectivity index (χ1n) is 8.02. The summed E-state index contributed by atoms with van der Waals surface area (Å²) in [4.78, 5) is 8.77. The summed E-state index contributed by atoms with van der Waals surface area (Å²) in [7, 11) is 2.25. The Hall–Kier alpha value is -0.340. The van der Waals surface area contributed by atoms with Crippen LogP contribution in [0.25, 0.3) is 0 Å². The zero-order valence-electron chi connectivity index (χ0n) is 13.8. The van der Waals surface area contributed by atoms with Gasteiger partial charge in [-0.3, -0.25) is 9.89 Å². The van der Waals surface area contributed by atoms with Gasteiger partial charge in [-0.25, -0.2) is 0 Å². The Bertz CT molecular complexity index is 427. The van der Waals surface area contributed by atoms with Crippen LogP contribution in [-0.4, -0.2) is 44.1 Å². The predicted molar refractivity (Wildman–Crippen MR) is 107 cm³/mol. The maximum Gasteiger partial charge on any atom is 0.191 e. The van der Waals surface area contributed by atoms with Crippen molar-refractivity contribution in [2.24, 2.45) is 10.9 Å². The first kappa shape index (κ1) is 19.7. The number of hydrogen-bond acceptors (Lipinski definition) is 3. The maximum absolute atomic E-state index is 4.79. The summed E-state index contributed by atoms with van der Waals surface area (Å²) in [5.41, 5.74) is 0. The Balaban J connectivity index is 0.00000242. The Morgan fingerprint density at radius 2 is 2.09 bits per heavy atom. The highest BCUT2D eigenvalue weighted by atomic mass is 127. The lowest BCUT2D eigenvalue weighted by atomic mass is 9.88. The Kier molecular flexibility index (Phi) is 9.35. The summed E-state index contributed by atoms with van der Waals surface area (Å²) in [6.07, 6.45) is 2.54. The highest BCUT2D eigenvalue weighted by Gasteiger charge is 2.30. The molecule has 0 aromatic carbocycles. The van der Waals surface area contributed by atoms with Crippen LogP contribution in [0, 0.1) is 5.92 Å². The van der Waals surface area contributed by atoms with Gasteiger partial charge in [-0.05, 0) is 57.6 Å². The van der Waals surface area contributed by atoms with E-state index in [1.807, 2.05) is 11.3 Å². The minimum Gasteiger partial charge on any atom is -0.357 e. The van der Waals surface area contributed by atoms with E-state index in [-0.39, 0.29) is 24.0 Å². The first-order valence-corrected chi connectivity index (χ1v) is 8.90. The molecule has 1 aliphatic heterocycles. The average Bonchev–Trinajstić information content (AvgIpc) is 2.99. The van der Waals surface area contributed by atoms with Crippen molar-refractivity contribution in [3.05, 3.63) is 22.4 Å². The van der Waals surface area contributed by atoms with E-state index >= 15 is 0 Å². The van der Waals surface area contributed by atoms with Crippen molar-refractivity contribution in [2.45, 2.75) is 32.7 Å². The molecule has 0 amide bonds. The second-order valence-corrected chi connectivity index (χ2v) is 6.57. The van der Waals surface area contributed by atoms with Crippen molar-refractivity contribution in [2.75, 3.05) is 33.2 Å². The highest BCUT2D eigenvalue weighted by molar-refractivity contribution is 14.0. The number of hydrogen-bond donors (Lipinski definition) is 2. The highest BCUT2D eigenvalue weighted by Crippen LogP contribution is 2.37. The Morgan fingerprint density at radius 3 is 2.68 bits per heavy atom. The van der Waals surface area contributed by atoms with Crippen LogP contribution in [-0.2, 0) is 0 Å². The molecule has 0 spiro atoms. The lowest BCUT2D eigenvalue weighted by Gasteiger charge is -2.38. The van der Waals surface area contributed by atoms with Gasteiger partial charge in [0.25, 0.3) is 0 Å². The molecule has 4 nitrogen and oxygen atoms in total. The zero-order valence-corrected chi connectivity index (χ0v) is 17.0. The smallest absolute Gasteiger partial charge is 0.191 e. The van der Waals surface area contributed by atoms with Gasteiger partial charge in [0, 0.05) is 30.6 Å². The lowest BCUT2D eigenvalue weighted by Crippen LogP contribution is -2.40. The van der Waals surface area contributed by atoms with Gasteiger partial charge in [0.1, 0.15) is 0 Å². The van der Waals surface area contributed by atoms with Crippen molar-refractivity contribution in [3.8, 4) is 0 Å². The Morgan fingerprint density at radius 1 is 1.36 bits per heavy atom. The number of nitrogens with one attached hydrogen (secondary N) is 2. The van der Waals surface area contributed by atoms with E-state index in [0.717, 1.165) is 25.6 Å². The average molecular weight is 436 g/mol. The molecular weight excluding hydrogens is 407 g/mol. The third-order valence-corrected chi connectivity index (χ3v) is 4.96. The van der Waals surface area contributed by atoms with Gasteiger partial charge >= 0.3 is 0 Å². The molecule has 2 rings (SSSR count). The van der Waals surface area contributed by atoms with Crippen LogP contribution in [0.1, 0.15) is 37.6 Å². The molecule has 2 N–H and O–H groups in total. The second kappa shape index (κ2) is 10.4. The first-order chi connectivity index (χ1) is 10.3. The zero-order chi connectivity index (χ0) is 15.1. The van der Waals surface area contributed by atoms with E-state index in [4.69, 9.17) is 4.99 Å². The Labute approximate surface area is 155 Å². The van der Waals surface area contributed by atoms with Gasteiger partial charge in [0.15, 0.2) is 5.96 Å². The van der Waals surface area contributed by atoms with Gasteiger partial charge in [-0.15, -0.1) is 35.3 Å². The van der Waals surface area contributed by atoms with Crippen LogP contribution in [0.5, 0.6) is 0 Å². The normalized spacial score (nSPS) is 21.8. The van der Waals surface area contributed by atoms with Crippen LogP contribution in [0.4, 0.5) is 0 Å². The van der Waals surface area contributed by atoms with E-state index in [0.29, 0.717) is 12.0 Å². The summed E-state index contributed by atoms with van der Waals surface area (Å²) in [6, 6.07) is 4.95. The van der Waals surface area contributed by atoms with Crippen molar-refractivity contribution >= 4 is 41.3 Å². The quantitative estimate of drug-likeness (QED) is 0.423. The number of piperidine rings is 1. The van der Waals surface area contributed by atoms with Crippen molar-refractivity contribution in [3.63, 3.8) is 0 Å². The number of nitrogens with zero attached hydrogens (tertiary/aromatic N) is 2. The van der Waals surface area contributed by atoms with Crippen LogP contribution >= 0.6 is 35.3 Å². The van der Waals surface area contributed by atoms with Crippen molar-refractivity contribution < 1.29 is 0 Å². The molecule has 6 heteroatoms. The van der Waals surface area contributed by atoms with Crippen LogP contribution in [0.15, 0.2) is 22.5 Å². The van der Waals surface area contributed by atoms with E-state index in [2.05, 4.69) is 53.9 Å². The third-order valence-electron chi connectivity index (χ3n) is 4.01. The van der Waals surface area contributed by atoms with Crippen LogP contribution in [0.3, 0.4) is 0 Å². The SMILES string of the molecule is CCNC(=NCC1CCCN(C)C1c1cccs1)NCC.I. The summed E-state index contributed by atoms with van der Waals surface area (Å²) < 4.78 is 0. The predicted octanol–water partition coefficient (Wildman–Crippen LogP) is 3.32. The number of rotatable bonds is 5. The molecule has 0 saturated carbocycles. The molecule has 22 heavy (non-hydrogen) atoms. The van der Waals surface area contributed by atoms with Gasteiger partial charge < -0.3 is 10.6 Å². The van der Waals surface area contributed by atoms with E-state index in [1.165, 1.54) is 24.3 Å². The summed E-state index contributed by atoms with van der Waals surface area (Å²) in [5, 5.41) is 8.80. The fourth-order valence-electron chi connectivity index (χ4n) is 3.08. The number of halogens is 1. The monoisotopic (exact) mass is 436 g/mol. The van der Waals surface area contributed by atoms with E-state index in [1.54, 1.807) is 0 Å². The summed E-state index contributed by atoms with van der Waals surface area (Å²) in [6.45, 7) is 8.11. The fraction of sp³-hybridized carbons (Fsp3) is 0.688. The van der Waals surface area contributed by atoms with Crippen molar-refractivity contribution in [1.82, 2.24) is 15.5 Å². The van der Waals surface area contributed by atoms with Gasteiger partial charge in [0.2, 0.25) is 0 Å². The number of guanidine groups is 1. The van der Waals surface area contributed by atoms with E-state index in [9.17, 15) is 0 Å². The molecule has 2 heterocycles. The minimum atomic E-state index is 0. The molecule has 1 saturated heterocycles. The molecule has 1 aliphatic rings. The summed E-state index contributed by atoms with van der Waals surface area (Å²) in [5.74, 6) is 1.55. The standard InChI is InChI=1S/C16H28N4S.HI/c1-4-17-16(18-5-2)19-12-13-8-6-10-20(3)15(13)14-9-7-11-21-14;/h7,9,11,13,15H,4-6,8,10,12H2,1-3H3,(H2,17,18,19);1H. The van der Waals surface area contributed by atoms with Gasteiger partial charge in [-0.2, -0.15) is 0 Å². The van der Waals surface area contributed by atoms with Crippen molar-refractivity contribution in [1.29, 1.82) is 0 Å². The van der Waals surface area contributed by atoms with Gasteiger partial charge in [0.05, 0.1) is 0 Å². The maximum atomic E-state index is 4.79. The van der Waals surface area contributed by atoms with E-state index < -0.39 is 0 Å². The third kappa shape index (κ3) is 5.38. The lowest BCUT2D eigenvalue weighted by molar-refractivity contribution is 0.128. The molecule has 0 bridgehead atoms. The molecule has 2 unspecified atom stereocenters. The molecule has 0 radical (unpaired) electrons. The van der Waals surface area contributed by atoms with Crippen LogP contribution in [0.2, 0.25) is 0 Å². The topological polar surface area (TPSA) is 39.7 Å². The molecule has 1 aromatic rings. The largest absolute Gasteiger partial charge is 0.357 e. The molecule has 126 valence electrons. The number of likely N-dealkylation sites (tertiary alicyclic amines) is 1. The summed E-state index contributed by atoms with van der Waals surface area (Å²) >= 11 is 1.87.